The molecule has 8 heteroatoms. The largest absolute Gasteiger partial charge is 0.487 e. The van der Waals surface area contributed by atoms with Crippen LogP contribution in [-0.2, 0) is 6.18 Å². The minimum Gasteiger partial charge on any atom is -0.487 e. The van der Waals surface area contributed by atoms with Crippen molar-refractivity contribution >= 4 is 17.9 Å². The molecule has 0 aliphatic carbocycles. The summed E-state index contributed by atoms with van der Waals surface area (Å²) in [5.74, 6) is -1.36. The molecular weight excluding hydrogens is 387 g/mol. The molecule has 0 aliphatic rings. The summed E-state index contributed by atoms with van der Waals surface area (Å²) in [7, 11) is 0. The molecule has 0 unspecified atom stereocenters. The van der Waals surface area contributed by atoms with E-state index in [1.165, 1.54) is 30.3 Å². The van der Waals surface area contributed by atoms with Crippen LogP contribution in [0.3, 0.4) is 0 Å². The van der Waals surface area contributed by atoms with Crippen LogP contribution in [0.15, 0.2) is 36.4 Å². The fourth-order valence-electron chi connectivity index (χ4n) is 2.49. The Kier molecular flexibility index (Phi) is 6.89. The molecule has 0 saturated heterocycles. The van der Waals surface area contributed by atoms with Gasteiger partial charge >= 0.3 is 6.18 Å². The van der Waals surface area contributed by atoms with Crippen LogP contribution in [0.4, 0.5) is 18.9 Å². The molecule has 5 nitrogen and oxygen atoms in total. The monoisotopic (exact) mass is 409 g/mol. The fraction of sp³-hybridized carbons (Fsp3) is 0.333. The van der Waals surface area contributed by atoms with Crippen molar-refractivity contribution in [3.05, 3.63) is 53.1 Å². The van der Waals surface area contributed by atoms with Crippen LogP contribution >= 0.6 is 0 Å². The van der Waals surface area contributed by atoms with Gasteiger partial charge in [-0.25, -0.2) is 0 Å². The first-order valence-electron chi connectivity index (χ1n) is 8.96. The van der Waals surface area contributed by atoms with E-state index in [9.17, 15) is 22.8 Å². The van der Waals surface area contributed by atoms with Gasteiger partial charge in [-0.05, 0) is 64.1 Å². The topological polar surface area (TPSA) is 64.6 Å². The SMILES string of the molecule is CC(C)Oc1cc(C(=O)Nc2ccc(C=O)cc2)cc(C(F)(F)F)c1OC(C)C. The molecule has 1 amide bonds. The highest BCUT2D eigenvalue weighted by molar-refractivity contribution is 6.05. The van der Waals surface area contributed by atoms with Gasteiger partial charge in [-0.2, -0.15) is 13.2 Å². The number of anilines is 1. The van der Waals surface area contributed by atoms with Crippen molar-refractivity contribution in [3.8, 4) is 11.5 Å². The number of amides is 1. The van der Waals surface area contributed by atoms with Crippen LogP contribution in [0.2, 0.25) is 0 Å². The Hall–Kier alpha value is -3.03. The van der Waals surface area contributed by atoms with Crippen molar-refractivity contribution in [2.24, 2.45) is 0 Å². The maximum absolute atomic E-state index is 13.7. The lowest BCUT2D eigenvalue weighted by Crippen LogP contribution is -2.19. The van der Waals surface area contributed by atoms with E-state index in [4.69, 9.17) is 9.47 Å². The molecule has 0 atom stereocenters. The van der Waals surface area contributed by atoms with E-state index in [2.05, 4.69) is 5.32 Å². The van der Waals surface area contributed by atoms with E-state index >= 15 is 0 Å². The first-order chi connectivity index (χ1) is 13.5. The van der Waals surface area contributed by atoms with Gasteiger partial charge in [0.15, 0.2) is 11.5 Å². The van der Waals surface area contributed by atoms with Gasteiger partial charge in [-0.1, -0.05) is 0 Å². The molecule has 0 bridgehead atoms. The Bertz CT molecular complexity index is 875. The van der Waals surface area contributed by atoms with Crippen molar-refractivity contribution in [2.75, 3.05) is 5.32 Å². The van der Waals surface area contributed by atoms with Gasteiger partial charge in [0.1, 0.15) is 11.8 Å². The lowest BCUT2D eigenvalue weighted by molar-refractivity contribution is -0.139. The van der Waals surface area contributed by atoms with Crippen molar-refractivity contribution < 1.29 is 32.2 Å². The molecule has 29 heavy (non-hydrogen) atoms. The van der Waals surface area contributed by atoms with Gasteiger partial charge in [0.05, 0.1) is 12.2 Å². The third-order valence-electron chi connectivity index (χ3n) is 3.64. The summed E-state index contributed by atoms with van der Waals surface area (Å²) in [5, 5.41) is 2.51. The molecule has 0 saturated carbocycles. The molecule has 156 valence electrons. The number of alkyl halides is 3. The van der Waals surface area contributed by atoms with Gasteiger partial charge in [-0.3, -0.25) is 9.59 Å². The molecule has 2 aromatic rings. The van der Waals surface area contributed by atoms with E-state index in [1.807, 2.05) is 0 Å². The molecular formula is C21H22F3NO4. The Morgan fingerprint density at radius 3 is 2.07 bits per heavy atom. The lowest BCUT2D eigenvalue weighted by atomic mass is 10.1. The number of halogens is 3. The maximum Gasteiger partial charge on any atom is 0.420 e. The second-order valence-electron chi connectivity index (χ2n) is 6.88. The molecule has 0 aliphatic heterocycles. The zero-order valence-corrected chi connectivity index (χ0v) is 16.5. The molecule has 0 heterocycles. The molecule has 0 spiro atoms. The minimum atomic E-state index is -4.75. The third kappa shape index (κ3) is 5.97. The first kappa shape index (κ1) is 22.3. The van der Waals surface area contributed by atoms with E-state index < -0.39 is 35.6 Å². The van der Waals surface area contributed by atoms with E-state index in [0.717, 1.165) is 6.07 Å². The molecule has 2 aromatic carbocycles. The number of nitrogens with one attached hydrogen (secondary N) is 1. The number of hydrogen-bond donors (Lipinski definition) is 1. The third-order valence-corrected chi connectivity index (χ3v) is 3.64. The van der Waals surface area contributed by atoms with Gasteiger partial charge in [0.2, 0.25) is 0 Å². The molecule has 0 radical (unpaired) electrons. The Morgan fingerprint density at radius 1 is 1.00 bits per heavy atom. The van der Waals surface area contributed by atoms with Crippen LogP contribution in [0.5, 0.6) is 11.5 Å². The quantitative estimate of drug-likeness (QED) is 0.627. The number of ether oxygens (including phenoxy) is 2. The molecule has 0 fully saturated rings. The summed E-state index contributed by atoms with van der Waals surface area (Å²) in [5.41, 5.74) is -0.581. The van der Waals surface area contributed by atoms with Gasteiger partial charge in [-0.15, -0.1) is 0 Å². The van der Waals surface area contributed by atoms with Crippen LogP contribution in [0.25, 0.3) is 0 Å². The van der Waals surface area contributed by atoms with Gasteiger partial charge < -0.3 is 14.8 Å². The number of rotatable bonds is 7. The highest BCUT2D eigenvalue weighted by atomic mass is 19.4. The van der Waals surface area contributed by atoms with E-state index in [-0.39, 0.29) is 11.3 Å². The van der Waals surface area contributed by atoms with Crippen molar-refractivity contribution in [1.82, 2.24) is 0 Å². The van der Waals surface area contributed by atoms with Crippen molar-refractivity contribution in [3.63, 3.8) is 0 Å². The Balaban J connectivity index is 2.49. The normalized spacial score (nSPS) is 11.5. The predicted octanol–water partition coefficient (Wildman–Crippen LogP) is 5.34. The second-order valence-corrected chi connectivity index (χ2v) is 6.88. The van der Waals surface area contributed by atoms with Crippen LogP contribution in [-0.4, -0.2) is 24.4 Å². The highest BCUT2D eigenvalue weighted by Gasteiger charge is 2.38. The van der Waals surface area contributed by atoms with Crippen LogP contribution < -0.4 is 14.8 Å². The van der Waals surface area contributed by atoms with Crippen LogP contribution in [0, 0.1) is 0 Å². The molecule has 2 rings (SSSR count). The number of carbonyl (C=O) groups is 2. The predicted molar refractivity (Wildman–Crippen MR) is 103 cm³/mol. The first-order valence-corrected chi connectivity index (χ1v) is 8.96. The summed E-state index contributed by atoms with van der Waals surface area (Å²) in [6.45, 7) is 6.52. The van der Waals surface area contributed by atoms with Gasteiger partial charge in [0, 0.05) is 16.8 Å². The summed E-state index contributed by atoms with van der Waals surface area (Å²) in [4.78, 5) is 23.3. The number of carbonyl (C=O) groups excluding carboxylic acids is 2. The summed E-state index contributed by atoms with van der Waals surface area (Å²) < 4.78 is 51.9. The Labute approximate surface area is 166 Å². The zero-order valence-electron chi connectivity index (χ0n) is 16.5. The maximum atomic E-state index is 13.7. The number of aldehydes is 1. The average molecular weight is 409 g/mol. The average Bonchev–Trinajstić information content (AvgIpc) is 2.61. The zero-order chi connectivity index (χ0) is 21.8. The van der Waals surface area contributed by atoms with E-state index in [0.29, 0.717) is 17.5 Å². The Morgan fingerprint density at radius 2 is 1.59 bits per heavy atom. The highest BCUT2D eigenvalue weighted by Crippen LogP contribution is 2.43. The second kappa shape index (κ2) is 8.98. The summed E-state index contributed by atoms with van der Waals surface area (Å²) in [6, 6.07) is 7.89. The fourth-order valence-corrected chi connectivity index (χ4v) is 2.49. The standard InChI is InChI=1S/C21H22F3NO4/c1-12(2)28-18-10-15(9-17(21(22,23)24)19(18)29-13(3)4)20(27)25-16-7-5-14(11-26)6-8-16/h5-13H,1-4H3,(H,25,27). The minimum absolute atomic E-state index is 0.162. The van der Waals surface area contributed by atoms with Crippen molar-refractivity contribution in [2.45, 2.75) is 46.1 Å². The van der Waals surface area contributed by atoms with Crippen molar-refractivity contribution in [1.29, 1.82) is 0 Å². The molecule has 0 aromatic heterocycles. The summed E-state index contributed by atoms with van der Waals surface area (Å²) in [6.07, 6.45) is -5.06. The van der Waals surface area contributed by atoms with Crippen LogP contribution in [0.1, 0.15) is 54.0 Å². The van der Waals surface area contributed by atoms with Gasteiger partial charge in [0.25, 0.3) is 5.91 Å². The van der Waals surface area contributed by atoms with E-state index in [1.54, 1.807) is 27.7 Å². The molecule has 1 N–H and O–H groups in total. The number of benzene rings is 2. The lowest BCUT2D eigenvalue weighted by Gasteiger charge is -2.22. The smallest absolute Gasteiger partial charge is 0.420 e. The number of hydrogen-bond acceptors (Lipinski definition) is 4. The summed E-state index contributed by atoms with van der Waals surface area (Å²) >= 11 is 0.